The van der Waals surface area contributed by atoms with Gasteiger partial charge in [-0.05, 0) is 33.1 Å². The standard InChI is InChI=1S/C21H27F3N4O/c1-3-25-20(28-17-6-4-5-16(11-17)21(22,23)24)27-13-19-26-12-18(29-19)15-9-7-14(2)8-10-15/h7-10,12,16-17H,3-6,11,13H2,1-2H3,(H2,25,27,28). The van der Waals surface area contributed by atoms with E-state index in [-0.39, 0.29) is 25.4 Å². The average Bonchev–Trinajstić information content (AvgIpc) is 3.15. The van der Waals surface area contributed by atoms with E-state index in [2.05, 4.69) is 20.6 Å². The number of aliphatic imine (C=N–C) groups is 1. The van der Waals surface area contributed by atoms with Crippen molar-refractivity contribution < 1.29 is 17.6 Å². The van der Waals surface area contributed by atoms with Crippen LogP contribution in [0, 0.1) is 12.8 Å². The fourth-order valence-electron chi connectivity index (χ4n) is 3.51. The third-order valence-corrected chi connectivity index (χ3v) is 5.08. The number of hydrogen-bond donors (Lipinski definition) is 2. The number of oxazole rings is 1. The lowest BCUT2D eigenvalue weighted by Crippen LogP contribution is -2.46. The number of halogens is 3. The van der Waals surface area contributed by atoms with Gasteiger partial charge < -0.3 is 15.1 Å². The van der Waals surface area contributed by atoms with E-state index in [1.54, 1.807) is 6.20 Å². The number of rotatable bonds is 5. The summed E-state index contributed by atoms with van der Waals surface area (Å²) in [5.41, 5.74) is 2.10. The molecule has 5 nitrogen and oxygen atoms in total. The summed E-state index contributed by atoms with van der Waals surface area (Å²) in [5, 5.41) is 6.23. The zero-order valence-corrected chi connectivity index (χ0v) is 16.7. The maximum Gasteiger partial charge on any atom is 0.391 e. The molecule has 0 spiro atoms. The summed E-state index contributed by atoms with van der Waals surface area (Å²) < 4.78 is 44.9. The molecule has 0 saturated heterocycles. The fourth-order valence-corrected chi connectivity index (χ4v) is 3.51. The van der Waals surface area contributed by atoms with Crippen molar-refractivity contribution in [3.63, 3.8) is 0 Å². The third kappa shape index (κ3) is 5.98. The highest BCUT2D eigenvalue weighted by molar-refractivity contribution is 5.80. The predicted octanol–water partition coefficient (Wildman–Crippen LogP) is 4.83. The summed E-state index contributed by atoms with van der Waals surface area (Å²) in [5.74, 6) is 0.346. The van der Waals surface area contributed by atoms with Gasteiger partial charge in [-0.3, -0.25) is 0 Å². The second-order valence-corrected chi connectivity index (χ2v) is 7.43. The van der Waals surface area contributed by atoms with E-state index in [4.69, 9.17) is 4.42 Å². The predicted molar refractivity (Wildman–Crippen MR) is 106 cm³/mol. The molecular weight excluding hydrogens is 381 g/mol. The number of hydrogen-bond acceptors (Lipinski definition) is 3. The van der Waals surface area contributed by atoms with Gasteiger partial charge in [0.25, 0.3) is 0 Å². The smallest absolute Gasteiger partial charge is 0.391 e. The Labute approximate surface area is 168 Å². The Kier molecular flexibility index (Phi) is 6.82. The van der Waals surface area contributed by atoms with E-state index in [1.165, 1.54) is 0 Å². The molecule has 1 saturated carbocycles. The lowest BCUT2D eigenvalue weighted by molar-refractivity contribution is -0.183. The van der Waals surface area contributed by atoms with E-state index in [9.17, 15) is 13.2 Å². The minimum absolute atomic E-state index is 0.0739. The Morgan fingerprint density at radius 1 is 1.24 bits per heavy atom. The maximum absolute atomic E-state index is 13.0. The molecule has 158 valence electrons. The Bertz CT molecular complexity index is 814. The molecule has 8 heteroatoms. The van der Waals surface area contributed by atoms with Crippen molar-refractivity contribution in [3.05, 3.63) is 41.9 Å². The molecule has 2 aromatic rings. The topological polar surface area (TPSA) is 62.5 Å². The highest BCUT2D eigenvalue weighted by Crippen LogP contribution is 2.37. The van der Waals surface area contributed by atoms with Gasteiger partial charge in [-0.15, -0.1) is 0 Å². The van der Waals surface area contributed by atoms with Crippen LogP contribution >= 0.6 is 0 Å². The molecule has 0 aliphatic heterocycles. The fraction of sp³-hybridized carbons (Fsp3) is 0.524. The monoisotopic (exact) mass is 408 g/mol. The van der Waals surface area contributed by atoms with Gasteiger partial charge in [-0.2, -0.15) is 13.2 Å². The molecule has 1 aliphatic carbocycles. The quantitative estimate of drug-likeness (QED) is 0.550. The molecule has 1 aromatic carbocycles. The Morgan fingerprint density at radius 2 is 2.00 bits per heavy atom. The first-order chi connectivity index (χ1) is 13.8. The van der Waals surface area contributed by atoms with Gasteiger partial charge >= 0.3 is 6.18 Å². The SMILES string of the molecule is CCNC(=NCc1ncc(-c2ccc(C)cc2)o1)NC1CCCC(C(F)(F)F)C1. The van der Waals surface area contributed by atoms with Crippen molar-refractivity contribution >= 4 is 5.96 Å². The minimum atomic E-state index is -4.14. The summed E-state index contributed by atoms with van der Waals surface area (Å²) >= 11 is 0. The average molecular weight is 408 g/mol. The van der Waals surface area contributed by atoms with E-state index < -0.39 is 12.1 Å². The highest BCUT2D eigenvalue weighted by atomic mass is 19.4. The van der Waals surface area contributed by atoms with E-state index in [1.807, 2.05) is 38.1 Å². The van der Waals surface area contributed by atoms with Crippen molar-refractivity contribution in [1.82, 2.24) is 15.6 Å². The number of nitrogens with one attached hydrogen (secondary N) is 2. The second kappa shape index (κ2) is 9.33. The van der Waals surface area contributed by atoms with Crippen molar-refractivity contribution in [2.75, 3.05) is 6.54 Å². The van der Waals surface area contributed by atoms with Crippen molar-refractivity contribution in [3.8, 4) is 11.3 Å². The van der Waals surface area contributed by atoms with Crippen molar-refractivity contribution in [1.29, 1.82) is 0 Å². The van der Waals surface area contributed by atoms with Crippen LogP contribution in [-0.2, 0) is 6.54 Å². The van der Waals surface area contributed by atoms with Crippen LogP contribution in [0.5, 0.6) is 0 Å². The first kappa shape index (κ1) is 21.2. The lowest BCUT2D eigenvalue weighted by Gasteiger charge is -2.31. The number of guanidine groups is 1. The number of aryl methyl sites for hydroxylation is 1. The molecule has 0 amide bonds. The zero-order chi connectivity index (χ0) is 20.9. The number of nitrogens with zero attached hydrogens (tertiary/aromatic N) is 2. The molecule has 0 radical (unpaired) electrons. The van der Waals surface area contributed by atoms with Gasteiger partial charge in [0.05, 0.1) is 12.1 Å². The summed E-state index contributed by atoms with van der Waals surface area (Å²) in [7, 11) is 0. The first-order valence-corrected chi connectivity index (χ1v) is 9.98. The van der Waals surface area contributed by atoms with Gasteiger partial charge in [0.15, 0.2) is 11.7 Å². The molecule has 2 atom stereocenters. The van der Waals surface area contributed by atoms with Gasteiger partial charge in [-0.1, -0.05) is 36.2 Å². The van der Waals surface area contributed by atoms with Crippen LogP contribution in [0.15, 0.2) is 39.9 Å². The minimum Gasteiger partial charge on any atom is -0.439 e. The molecule has 1 aliphatic rings. The number of aromatic nitrogens is 1. The van der Waals surface area contributed by atoms with Crippen molar-refractivity contribution in [2.24, 2.45) is 10.9 Å². The van der Waals surface area contributed by atoms with Crippen LogP contribution < -0.4 is 10.6 Å². The van der Waals surface area contributed by atoms with Crippen LogP contribution in [0.1, 0.15) is 44.1 Å². The molecule has 1 aromatic heterocycles. The molecular formula is C21H27F3N4O. The number of benzene rings is 1. The maximum atomic E-state index is 13.0. The van der Waals surface area contributed by atoms with Gasteiger partial charge in [0.2, 0.25) is 5.89 Å². The van der Waals surface area contributed by atoms with Crippen molar-refractivity contribution in [2.45, 2.75) is 58.3 Å². The summed E-state index contributed by atoms with van der Waals surface area (Å²) in [6, 6.07) is 7.69. The summed E-state index contributed by atoms with van der Waals surface area (Å²) in [6.45, 7) is 4.75. The Hall–Kier alpha value is -2.51. The van der Waals surface area contributed by atoms with Crippen LogP contribution in [0.4, 0.5) is 13.2 Å². The highest BCUT2D eigenvalue weighted by Gasteiger charge is 2.42. The van der Waals surface area contributed by atoms with Gasteiger partial charge in [-0.25, -0.2) is 9.98 Å². The normalized spacial score (nSPS) is 20.5. The number of alkyl halides is 3. The molecule has 1 heterocycles. The molecule has 0 bridgehead atoms. The van der Waals surface area contributed by atoms with E-state index in [0.29, 0.717) is 37.0 Å². The van der Waals surface area contributed by atoms with E-state index in [0.717, 1.165) is 11.1 Å². The largest absolute Gasteiger partial charge is 0.439 e. The summed E-state index contributed by atoms with van der Waals surface area (Å²) in [6.07, 6.45) is -0.947. The van der Waals surface area contributed by atoms with E-state index >= 15 is 0 Å². The van der Waals surface area contributed by atoms with Crippen LogP contribution in [0.3, 0.4) is 0 Å². The van der Waals surface area contributed by atoms with Gasteiger partial charge in [0.1, 0.15) is 6.54 Å². The third-order valence-electron chi connectivity index (χ3n) is 5.08. The molecule has 2 N–H and O–H groups in total. The molecule has 2 unspecified atom stereocenters. The van der Waals surface area contributed by atoms with Crippen LogP contribution in [-0.4, -0.2) is 29.7 Å². The molecule has 1 fully saturated rings. The second-order valence-electron chi connectivity index (χ2n) is 7.43. The van der Waals surface area contributed by atoms with Gasteiger partial charge in [0, 0.05) is 18.2 Å². The first-order valence-electron chi connectivity index (χ1n) is 9.98. The lowest BCUT2D eigenvalue weighted by atomic mass is 9.85. The Morgan fingerprint density at radius 3 is 2.69 bits per heavy atom. The van der Waals surface area contributed by atoms with Crippen LogP contribution in [0.2, 0.25) is 0 Å². The summed E-state index contributed by atoms with van der Waals surface area (Å²) in [4.78, 5) is 8.70. The Balaban J connectivity index is 1.63. The molecule has 29 heavy (non-hydrogen) atoms. The molecule has 3 rings (SSSR count). The van der Waals surface area contributed by atoms with Crippen LogP contribution in [0.25, 0.3) is 11.3 Å². The zero-order valence-electron chi connectivity index (χ0n) is 16.7.